The molecule has 32 heavy (non-hydrogen) atoms. The van der Waals surface area contributed by atoms with Gasteiger partial charge in [-0.15, -0.1) is 12.1 Å². The van der Waals surface area contributed by atoms with Gasteiger partial charge in [-0.1, -0.05) is 110 Å². The molecule has 2 atom stereocenters. The first-order valence-corrected chi connectivity index (χ1v) is 13.7. The van der Waals surface area contributed by atoms with E-state index in [0.29, 0.717) is 11.5 Å². The molecule has 0 saturated carbocycles. The van der Waals surface area contributed by atoms with Crippen LogP contribution in [-0.4, -0.2) is 8.42 Å². The predicted molar refractivity (Wildman–Crippen MR) is 131 cm³/mol. The van der Waals surface area contributed by atoms with Gasteiger partial charge in [0.25, 0.3) is 0 Å². The molecular weight excluding hydrogens is 529 g/mol. The fourth-order valence-electron chi connectivity index (χ4n) is 3.27. The van der Waals surface area contributed by atoms with Crippen LogP contribution < -0.4 is 0 Å². The Bertz CT molecular complexity index is 1030. The molecule has 0 aliphatic carbocycles. The van der Waals surface area contributed by atoms with Gasteiger partial charge < -0.3 is 17.9 Å². The van der Waals surface area contributed by atoms with Crippen LogP contribution in [0.3, 0.4) is 0 Å². The molecule has 3 aromatic carbocycles. The van der Waals surface area contributed by atoms with Crippen molar-refractivity contribution in [3.63, 3.8) is 0 Å². The summed E-state index contributed by atoms with van der Waals surface area (Å²) in [6.45, 7) is 4.15. The zero-order chi connectivity index (χ0) is 22.9. The van der Waals surface area contributed by atoms with Gasteiger partial charge in [0.2, 0.25) is 0 Å². The zero-order valence-corrected chi connectivity index (χ0v) is 21.7. The Morgan fingerprint density at radius 1 is 0.844 bits per heavy atom. The van der Waals surface area contributed by atoms with Gasteiger partial charge >= 0.3 is 27.0 Å². The average Bonchev–Trinajstić information content (AvgIpc) is 2.79. The van der Waals surface area contributed by atoms with Crippen LogP contribution in [-0.2, 0) is 33.1 Å². The Kier molecular flexibility index (Phi) is 12.3. The van der Waals surface area contributed by atoms with E-state index in [0.717, 1.165) is 16.7 Å². The van der Waals surface area contributed by atoms with E-state index in [1.165, 1.54) is 0 Å². The number of benzene rings is 3. The molecule has 3 aromatic rings. The minimum absolute atomic E-state index is 0. The number of rotatable bonds is 8. The van der Waals surface area contributed by atoms with E-state index in [9.17, 15) is 8.42 Å². The van der Waals surface area contributed by atoms with Gasteiger partial charge in [0.05, 0.1) is 15.8 Å². The second kappa shape index (κ2) is 13.9. The third-order valence-corrected chi connectivity index (χ3v) is 6.10. The maximum atomic E-state index is 13.0. The molecule has 4 nitrogen and oxygen atoms in total. The Hall–Kier alpha value is -1.56. The van der Waals surface area contributed by atoms with Crippen molar-refractivity contribution in [2.45, 2.75) is 37.6 Å². The van der Waals surface area contributed by atoms with Gasteiger partial charge in [-0.05, 0) is 17.0 Å². The molecule has 2 unspecified atom stereocenters. The molecular formula is C25H29ClN2O2RuS. The molecule has 172 valence electrons. The SMILES string of the molecule is CC(C)c1cccc(CS(=O)(=O)[N-]C(c2ccccc2)C([NH-])c2ccccc2)c1.[CH3-].[Cl][Ru+3]. The van der Waals surface area contributed by atoms with Crippen molar-refractivity contribution in [1.29, 1.82) is 0 Å². The van der Waals surface area contributed by atoms with Crippen LogP contribution in [0.5, 0.6) is 0 Å². The topological polar surface area (TPSA) is 72.0 Å². The first-order chi connectivity index (χ1) is 14.9. The molecule has 3 rings (SSSR count). The van der Waals surface area contributed by atoms with E-state index in [-0.39, 0.29) is 13.2 Å². The van der Waals surface area contributed by atoms with E-state index >= 15 is 0 Å². The van der Waals surface area contributed by atoms with Crippen LogP contribution in [0.1, 0.15) is 54.1 Å². The standard InChI is InChI=1S/C24H26N2O2S.CH3.ClH.Ru/c1-18(2)22-15-9-10-19(16-22)17-29(27,28)26-24(21-13-7-4-8-14-21)23(25)20-11-5-3-6-12-20;;;/h3-16,18,23-25H,17H2,1-2H3;1H3;1H;/q-2;-1;;+4/p-1. The molecule has 0 aliphatic rings. The van der Waals surface area contributed by atoms with Gasteiger partial charge in [0.15, 0.2) is 0 Å². The quantitative estimate of drug-likeness (QED) is 0.210. The van der Waals surface area contributed by atoms with Crippen LogP contribution in [0, 0.1) is 7.43 Å². The number of hydrogen-bond acceptors (Lipinski definition) is 2. The molecule has 0 heterocycles. The third kappa shape index (κ3) is 8.42. The van der Waals surface area contributed by atoms with Gasteiger partial charge in [-0.3, -0.25) is 0 Å². The van der Waals surface area contributed by atoms with Crippen molar-refractivity contribution in [1.82, 2.24) is 0 Å². The first-order valence-electron chi connectivity index (χ1n) is 9.84. The van der Waals surface area contributed by atoms with Crippen molar-refractivity contribution in [3.05, 3.63) is 125 Å². The van der Waals surface area contributed by atoms with Crippen LogP contribution in [0.25, 0.3) is 10.5 Å². The van der Waals surface area contributed by atoms with Crippen LogP contribution >= 0.6 is 9.69 Å². The Morgan fingerprint density at radius 3 is 1.88 bits per heavy atom. The number of halogens is 1. The van der Waals surface area contributed by atoms with Crippen LogP contribution in [0.2, 0.25) is 0 Å². The van der Waals surface area contributed by atoms with Crippen molar-refractivity contribution in [3.8, 4) is 0 Å². The number of nitrogens with zero attached hydrogens (tertiary/aromatic N) is 1. The average molecular weight is 558 g/mol. The molecule has 0 saturated heterocycles. The first kappa shape index (κ1) is 28.5. The molecule has 0 bridgehead atoms. The molecule has 1 N–H and O–H groups in total. The summed E-state index contributed by atoms with van der Waals surface area (Å²) in [7, 11) is 0.796. The normalized spacial score (nSPS) is 12.8. The second-order valence-corrected chi connectivity index (χ2v) is 9.14. The van der Waals surface area contributed by atoms with Gasteiger partial charge in [0, 0.05) is 0 Å². The van der Waals surface area contributed by atoms with Gasteiger partial charge in [-0.25, -0.2) is 8.42 Å². The van der Waals surface area contributed by atoms with Gasteiger partial charge in [-0.2, -0.15) is 0 Å². The molecule has 0 amide bonds. The fourth-order valence-corrected chi connectivity index (χ4v) is 4.53. The van der Waals surface area contributed by atoms with Crippen molar-refractivity contribution in [2.24, 2.45) is 0 Å². The number of sulfonamides is 1. The van der Waals surface area contributed by atoms with E-state index in [1.54, 1.807) is 0 Å². The summed E-state index contributed by atoms with van der Waals surface area (Å²) in [4.78, 5) is 0. The monoisotopic (exact) mass is 558 g/mol. The second-order valence-electron chi connectivity index (χ2n) is 7.48. The minimum atomic E-state index is -3.77. The van der Waals surface area contributed by atoms with Crippen molar-refractivity contribution >= 4 is 19.7 Å². The molecule has 0 radical (unpaired) electrons. The zero-order valence-electron chi connectivity index (χ0n) is 18.4. The van der Waals surface area contributed by atoms with E-state index in [1.807, 2.05) is 102 Å². The predicted octanol–water partition coefficient (Wildman–Crippen LogP) is 7.69. The Labute approximate surface area is 207 Å². The van der Waals surface area contributed by atoms with Crippen molar-refractivity contribution < 1.29 is 25.7 Å². The fraction of sp³-hybridized carbons (Fsp3) is 0.240. The number of hydrogen-bond donors (Lipinski definition) is 0. The third-order valence-electron chi connectivity index (χ3n) is 4.86. The van der Waals surface area contributed by atoms with Crippen LogP contribution in [0.4, 0.5) is 0 Å². The summed E-state index contributed by atoms with van der Waals surface area (Å²) >= 11 is 1.82. The van der Waals surface area contributed by atoms with E-state index in [2.05, 4.69) is 28.3 Å². The van der Waals surface area contributed by atoms with Crippen molar-refractivity contribution in [2.75, 3.05) is 0 Å². The summed E-state index contributed by atoms with van der Waals surface area (Å²) in [5.41, 5.74) is 12.0. The molecule has 0 fully saturated rings. The summed E-state index contributed by atoms with van der Waals surface area (Å²) in [6, 6.07) is 24.5. The molecule has 7 heteroatoms. The van der Waals surface area contributed by atoms with E-state index < -0.39 is 22.1 Å². The summed E-state index contributed by atoms with van der Waals surface area (Å²) in [5.74, 6) is 0.153. The molecule has 0 aromatic heterocycles. The summed E-state index contributed by atoms with van der Waals surface area (Å²) < 4.78 is 30.1. The maximum absolute atomic E-state index is 13.0. The van der Waals surface area contributed by atoms with Crippen LogP contribution in [0.15, 0.2) is 84.9 Å². The molecule has 0 aliphatic heterocycles. The molecule has 0 spiro atoms. The Balaban J connectivity index is 0.00000166. The summed E-state index contributed by atoms with van der Waals surface area (Å²) in [5, 5.41) is 0. The van der Waals surface area contributed by atoms with E-state index in [4.69, 9.17) is 5.73 Å². The Morgan fingerprint density at radius 2 is 1.34 bits per heavy atom. The summed E-state index contributed by atoms with van der Waals surface area (Å²) in [6.07, 6.45) is 0. The van der Waals surface area contributed by atoms with Gasteiger partial charge in [0.1, 0.15) is 0 Å². The number of nitrogens with one attached hydrogen (secondary N) is 1.